The average molecular weight is 796 g/mol. The lowest BCUT2D eigenvalue weighted by atomic mass is 10.0. The largest absolute Gasteiger partial charge is 0.480 e. The van der Waals surface area contributed by atoms with Gasteiger partial charge in [0.2, 0.25) is 23.6 Å². The Balaban J connectivity index is 3.60. The van der Waals surface area contributed by atoms with Crippen molar-refractivity contribution in [2.75, 3.05) is 77.8 Å². The van der Waals surface area contributed by atoms with Crippen LogP contribution in [0.3, 0.4) is 0 Å². The van der Waals surface area contributed by atoms with Gasteiger partial charge in [-0.15, -0.1) is 0 Å². The van der Waals surface area contributed by atoms with E-state index in [0.29, 0.717) is 85.0 Å². The Hall–Kier alpha value is -2.33. The minimum absolute atomic E-state index is 0.0959. The number of nitrogens with one attached hydrogen (secondary N) is 4. The van der Waals surface area contributed by atoms with Gasteiger partial charge in [-0.3, -0.25) is 19.2 Å². The Morgan fingerprint density at radius 2 is 0.961 bits per heavy atom. The summed E-state index contributed by atoms with van der Waals surface area (Å²) in [5.41, 5.74) is 0. The lowest BCUT2D eigenvalue weighted by molar-refractivity contribution is -0.142. The third kappa shape index (κ3) is 35.8. The van der Waals surface area contributed by atoms with Crippen LogP contribution in [0.15, 0.2) is 0 Å². The Labute approximate surface area is 314 Å². The zero-order valence-corrected chi connectivity index (χ0v) is 32.7. The van der Waals surface area contributed by atoms with Gasteiger partial charge in [0.15, 0.2) is 0 Å². The number of halogens is 1. The molecule has 0 bridgehead atoms. The molecule has 0 aromatic carbocycles. The van der Waals surface area contributed by atoms with Crippen LogP contribution in [0.1, 0.15) is 116 Å². The summed E-state index contributed by atoms with van der Waals surface area (Å²) in [6, 6.07) is -0.915. The van der Waals surface area contributed by atoms with Crippen LogP contribution in [0.5, 0.6) is 0 Å². The quantitative estimate of drug-likeness (QED) is 0.0451. The van der Waals surface area contributed by atoms with Crippen LogP contribution in [0.2, 0.25) is 0 Å². The molecule has 298 valence electrons. The Morgan fingerprint density at radius 1 is 0.510 bits per heavy atom. The van der Waals surface area contributed by atoms with Crippen LogP contribution < -0.4 is 21.3 Å². The van der Waals surface area contributed by atoms with Gasteiger partial charge in [0.25, 0.3) is 0 Å². The van der Waals surface area contributed by atoms with Gasteiger partial charge in [-0.25, -0.2) is 4.79 Å². The summed E-state index contributed by atoms with van der Waals surface area (Å²) in [6.45, 7) is 6.10. The first-order valence-electron chi connectivity index (χ1n) is 19.0. The lowest BCUT2D eigenvalue weighted by Crippen LogP contribution is -2.40. The number of amides is 4. The van der Waals surface area contributed by atoms with Crippen molar-refractivity contribution in [2.24, 2.45) is 0 Å². The molecule has 14 nitrogen and oxygen atoms in total. The third-order valence-corrected chi connectivity index (χ3v) is 8.34. The second kappa shape index (κ2) is 37.4. The Bertz CT molecular complexity index is 900. The fourth-order valence-electron chi connectivity index (χ4n) is 4.90. The minimum atomic E-state index is -1.04. The third-order valence-electron chi connectivity index (χ3n) is 7.83. The molecular weight excluding hydrogens is 728 g/mol. The predicted octanol–water partition coefficient (Wildman–Crippen LogP) is 4.02. The summed E-state index contributed by atoms with van der Waals surface area (Å²) < 4.78 is 21.5. The molecular formula is C36H67BrN4O10. The molecule has 0 aromatic heterocycles. The number of hydrogen-bond acceptors (Lipinski definition) is 9. The number of unbranched alkanes of at least 4 members (excludes halogenated alkanes) is 11. The molecule has 0 saturated carbocycles. The SMILES string of the molecule is CCCCCCCCCCCCCC(=O)NC(CCCCNC(=O)CCOCCOCCNC(=O)CCOCCOCCNC(=O)CBr)C(=O)O. The van der Waals surface area contributed by atoms with E-state index in [9.17, 15) is 29.1 Å². The number of rotatable bonds is 38. The van der Waals surface area contributed by atoms with Crippen LogP contribution in [0.25, 0.3) is 0 Å². The summed E-state index contributed by atoms with van der Waals surface area (Å²) >= 11 is 3.06. The molecule has 1 unspecified atom stereocenters. The number of carboxylic acids is 1. The maximum atomic E-state index is 12.2. The van der Waals surface area contributed by atoms with Crippen molar-refractivity contribution < 1.29 is 48.0 Å². The summed E-state index contributed by atoms with van der Waals surface area (Å²) in [5.74, 6) is -1.64. The molecule has 0 aliphatic rings. The van der Waals surface area contributed by atoms with Gasteiger partial charge >= 0.3 is 5.97 Å². The van der Waals surface area contributed by atoms with Crippen LogP contribution in [0.4, 0.5) is 0 Å². The lowest BCUT2D eigenvalue weighted by Gasteiger charge is -2.14. The first kappa shape index (κ1) is 48.7. The zero-order chi connectivity index (χ0) is 37.6. The van der Waals surface area contributed by atoms with Crippen molar-refractivity contribution in [3.8, 4) is 0 Å². The molecule has 0 rings (SSSR count). The second-order valence-electron chi connectivity index (χ2n) is 12.4. The van der Waals surface area contributed by atoms with Crippen molar-refractivity contribution in [1.29, 1.82) is 0 Å². The van der Waals surface area contributed by atoms with Gasteiger partial charge in [0.1, 0.15) is 6.04 Å². The standard InChI is InChI=1S/C36H67BrN4O10/c1-2-3-4-5-6-7-8-9-10-11-12-16-34(44)41-31(36(46)47)15-13-14-19-38-32(42)17-22-48-26-28-50-24-20-39-33(43)18-23-49-27-29-51-25-21-40-35(45)30-37/h31H,2-30H2,1H3,(H,38,42)(H,39,43)(H,40,45)(H,41,44)(H,46,47). The summed E-state index contributed by atoms with van der Waals surface area (Å²) in [5, 5.41) is 20.6. The van der Waals surface area contributed by atoms with E-state index in [1.165, 1.54) is 51.4 Å². The second-order valence-corrected chi connectivity index (χ2v) is 12.9. The number of aliphatic carboxylic acids is 1. The summed E-state index contributed by atoms with van der Waals surface area (Å²) in [6.07, 6.45) is 15.4. The van der Waals surface area contributed by atoms with Gasteiger partial charge in [-0.1, -0.05) is 87.1 Å². The topological polar surface area (TPSA) is 191 Å². The number of hydrogen-bond donors (Lipinski definition) is 5. The van der Waals surface area contributed by atoms with E-state index in [2.05, 4.69) is 44.1 Å². The van der Waals surface area contributed by atoms with Crippen molar-refractivity contribution in [2.45, 2.75) is 122 Å². The number of alkyl halides is 1. The molecule has 0 aliphatic heterocycles. The molecule has 0 spiro atoms. The van der Waals surface area contributed by atoms with Crippen LogP contribution >= 0.6 is 15.9 Å². The molecule has 15 heteroatoms. The van der Waals surface area contributed by atoms with Crippen molar-refractivity contribution in [1.82, 2.24) is 21.3 Å². The van der Waals surface area contributed by atoms with Gasteiger partial charge in [-0.2, -0.15) is 0 Å². The normalized spacial score (nSPS) is 11.6. The highest BCUT2D eigenvalue weighted by Crippen LogP contribution is 2.12. The van der Waals surface area contributed by atoms with Gasteiger partial charge in [0.05, 0.1) is 58.2 Å². The first-order chi connectivity index (χ1) is 24.8. The van der Waals surface area contributed by atoms with E-state index in [-0.39, 0.29) is 55.0 Å². The number of carbonyl (C=O) groups is 5. The first-order valence-corrected chi connectivity index (χ1v) is 20.1. The summed E-state index contributed by atoms with van der Waals surface area (Å²) in [7, 11) is 0. The number of ether oxygens (including phenoxy) is 4. The molecule has 0 aromatic rings. The molecule has 0 fully saturated rings. The fourth-order valence-corrected chi connectivity index (χ4v) is 5.10. The van der Waals surface area contributed by atoms with Gasteiger partial charge < -0.3 is 45.3 Å². The number of carbonyl (C=O) groups excluding carboxylic acids is 4. The average Bonchev–Trinajstić information content (AvgIpc) is 3.11. The maximum absolute atomic E-state index is 12.2. The van der Waals surface area contributed by atoms with Crippen LogP contribution in [-0.2, 0) is 42.9 Å². The minimum Gasteiger partial charge on any atom is -0.480 e. The van der Waals surface area contributed by atoms with E-state index in [4.69, 9.17) is 18.9 Å². The van der Waals surface area contributed by atoms with E-state index < -0.39 is 12.0 Å². The number of carboxylic acid groups (broad SMARTS) is 1. The molecule has 0 saturated heterocycles. The smallest absolute Gasteiger partial charge is 0.326 e. The highest BCUT2D eigenvalue weighted by Gasteiger charge is 2.19. The Kier molecular flexibility index (Phi) is 35.7. The monoisotopic (exact) mass is 794 g/mol. The van der Waals surface area contributed by atoms with Crippen molar-refractivity contribution in [3.05, 3.63) is 0 Å². The highest BCUT2D eigenvalue weighted by atomic mass is 79.9. The Morgan fingerprint density at radius 3 is 1.45 bits per heavy atom. The van der Waals surface area contributed by atoms with E-state index >= 15 is 0 Å². The molecule has 0 aliphatic carbocycles. The van der Waals surface area contributed by atoms with Crippen LogP contribution in [-0.4, -0.2) is 119 Å². The van der Waals surface area contributed by atoms with Crippen LogP contribution in [0, 0.1) is 0 Å². The highest BCUT2D eigenvalue weighted by molar-refractivity contribution is 9.09. The molecule has 51 heavy (non-hydrogen) atoms. The van der Waals surface area contributed by atoms with E-state index in [1.54, 1.807) is 0 Å². The maximum Gasteiger partial charge on any atom is 0.326 e. The molecule has 1 atom stereocenters. The van der Waals surface area contributed by atoms with Gasteiger partial charge in [-0.05, 0) is 25.7 Å². The van der Waals surface area contributed by atoms with Gasteiger partial charge in [0, 0.05) is 38.9 Å². The molecule has 5 N–H and O–H groups in total. The van der Waals surface area contributed by atoms with Crippen molar-refractivity contribution >= 4 is 45.5 Å². The van der Waals surface area contributed by atoms with E-state index in [1.807, 2.05) is 0 Å². The molecule has 0 heterocycles. The fraction of sp³-hybridized carbons (Fsp3) is 0.861. The predicted molar refractivity (Wildman–Crippen MR) is 200 cm³/mol. The molecule has 4 amide bonds. The zero-order valence-electron chi connectivity index (χ0n) is 31.1. The van der Waals surface area contributed by atoms with E-state index in [0.717, 1.165) is 19.3 Å². The van der Waals surface area contributed by atoms with Crippen molar-refractivity contribution in [3.63, 3.8) is 0 Å². The molecule has 0 radical (unpaired) electrons. The summed E-state index contributed by atoms with van der Waals surface area (Å²) in [4.78, 5) is 58.7.